The van der Waals surface area contributed by atoms with Gasteiger partial charge in [-0.25, -0.2) is 9.18 Å². The van der Waals surface area contributed by atoms with Gasteiger partial charge in [0.05, 0.1) is 13.7 Å². The lowest BCUT2D eigenvalue weighted by Crippen LogP contribution is -2.40. The average Bonchev–Trinajstić information content (AvgIpc) is 2.86. The van der Waals surface area contributed by atoms with E-state index in [-0.39, 0.29) is 12.3 Å². The third kappa shape index (κ3) is 3.60. The number of benzene rings is 2. The molecule has 1 atom stereocenters. The lowest BCUT2D eigenvalue weighted by Gasteiger charge is -2.22. The highest BCUT2D eigenvalue weighted by molar-refractivity contribution is 6.07. The lowest BCUT2D eigenvalue weighted by atomic mass is 9.92. The second-order valence-corrected chi connectivity index (χ2v) is 6.31. The predicted octanol–water partition coefficient (Wildman–Crippen LogP) is 3.40. The first kappa shape index (κ1) is 19.5. The summed E-state index contributed by atoms with van der Waals surface area (Å²) < 4.78 is 47.6. The first-order valence-electron chi connectivity index (χ1n) is 8.26. The fourth-order valence-electron chi connectivity index (χ4n) is 3.05. The summed E-state index contributed by atoms with van der Waals surface area (Å²) in [6.07, 6.45) is 0. The molecule has 0 saturated carbocycles. The van der Waals surface area contributed by atoms with Gasteiger partial charge in [-0.1, -0.05) is 12.1 Å². The van der Waals surface area contributed by atoms with Gasteiger partial charge in [-0.2, -0.15) is 8.78 Å². The summed E-state index contributed by atoms with van der Waals surface area (Å²) in [6.45, 7) is -1.65. The number of carbonyl (C=O) groups is 2. The number of alkyl halides is 2. The van der Waals surface area contributed by atoms with Crippen molar-refractivity contribution in [3.63, 3.8) is 0 Å². The SMILES string of the molecule is COc1ccc(F)cc1CN1C(=O)N[C@](C)(c2ccc(OC(F)F)cc2)C1=O. The highest BCUT2D eigenvalue weighted by atomic mass is 19.3. The Balaban J connectivity index is 1.85. The second kappa shape index (κ2) is 7.41. The minimum atomic E-state index is -2.97. The Kier molecular flexibility index (Phi) is 5.17. The highest BCUT2D eigenvalue weighted by Crippen LogP contribution is 2.32. The van der Waals surface area contributed by atoms with E-state index in [9.17, 15) is 22.8 Å². The van der Waals surface area contributed by atoms with Gasteiger partial charge in [-0.15, -0.1) is 0 Å². The standard InChI is InChI=1S/C19H17F3N2O4/c1-19(12-3-6-14(7-4-12)28-17(21)22)16(25)24(18(26)23-19)10-11-9-13(20)5-8-15(11)27-2/h3-9,17H,10H2,1-2H3,(H,23,26)/t19-/m1/s1. The third-order valence-electron chi connectivity index (χ3n) is 4.50. The quantitative estimate of drug-likeness (QED) is 0.763. The number of halogens is 3. The summed E-state index contributed by atoms with van der Waals surface area (Å²) in [5.74, 6) is -0.823. The first-order chi connectivity index (χ1) is 13.2. The van der Waals surface area contributed by atoms with Crippen LogP contribution in [0.1, 0.15) is 18.1 Å². The fourth-order valence-corrected chi connectivity index (χ4v) is 3.05. The molecule has 1 N–H and O–H groups in total. The van der Waals surface area contributed by atoms with Crippen molar-refractivity contribution >= 4 is 11.9 Å². The Labute approximate surface area is 158 Å². The maximum atomic E-state index is 13.6. The van der Waals surface area contributed by atoms with Crippen molar-refractivity contribution in [2.75, 3.05) is 7.11 Å². The zero-order chi connectivity index (χ0) is 20.5. The number of nitrogens with one attached hydrogen (secondary N) is 1. The maximum absolute atomic E-state index is 13.6. The van der Waals surface area contributed by atoms with E-state index in [1.165, 1.54) is 56.5 Å². The number of nitrogens with zero attached hydrogens (tertiary/aromatic N) is 1. The van der Waals surface area contributed by atoms with E-state index < -0.39 is 29.9 Å². The van der Waals surface area contributed by atoms with Crippen LogP contribution in [0.5, 0.6) is 11.5 Å². The molecule has 0 bridgehead atoms. The molecule has 0 radical (unpaired) electrons. The van der Waals surface area contributed by atoms with Gasteiger partial charge in [-0.05, 0) is 42.8 Å². The first-order valence-corrected chi connectivity index (χ1v) is 8.26. The van der Waals surface area contributed by atoms with Crippen LogP contribution in [0.25, 0.3) is 0 Å². The molecule has 2 aromatic carbocycles. The molecule has 0 spiro atoms. The van der Waals surface area contributed by atoms with E-state index in [2.05, 4.69) is 10.1 Å². The van der Waals surface area contributed by atoms with Gasteiger partial charge in [0.2, 0.25) is 0 Å². The number of carbonyl (C=O) groups excluding carboxylic acids is 2. The number of imide groups is 1. The third-order valence-corrected chi connectivity index (χ3v) is 4.50. The summed E-state index contributed by atoms with van der Waals surface area (Å²) >= 11 is 0. The largest absolute Gasteiger partial charge is 0.496 e. The van der Waals surface area contributed by atoms with Gasteiger partial charge in [-0.3, -0.25) is 9.69 Å². The van der Waals surface area contributed by atoms with Crippen LogP contribution in [0, 0.1) is 5.82 Å². The maximum Gasteiger partial charge on any atom is 0.387 e. The Morgan fingerprint density at radius 3 is 2.43 bits per heavy atom. The van der Waals surface area contributed by atoms with Gasteiger partial charge in [0.1, 0.15) is 22.9 Å². The van der Waals surface area contributed by atoms with Gasteiger partial charge < -0.3 is 14.8 Å². The molecule has 3 rings (SSSR count). The van der Waals surface area contributed by atoms with Crippen LogP contribution < -0.4 is 14.8 Å². The van der Waals surface area contributed by atoms with E-state index in [1.54, 1.807) is 0 Å². The van der Waals surface area contributed by atoms with Crippen molar-refractivity contribution in [1.82, 2.24) is 10.2 Å². The molecule has 9 heteroatoms. The monoisotopic (exact) mass is 394 g/mol. The highest BCUT2D eigenvalue weighted by Gasteiger charge is 2.49. The van der Waals surface area contributed by atoms with E-state index in [4.69, 9.17) is 4.74 Å². The molecule has 2 aromatic rings. The van der Waals surface area contributed by atoms with E-state index in [0.717, 1.165) is 4.90 Å². The second-order valence-electron chi connectivity index (χ2n) is 6.31. The van der Waals surface area contributed by atoms with E-state index >= 15 is 0 Å². The minimum Gasteiger partial charge on any atom is -0.496 e. The molecule has 1 fully saturated rings. The summed E-state index contributed by atoms with van der Waals surface area (Å²) in [7, 11) is 1.40. The van der Waals surface area contributed by atoms with Crippen LogP contribution in [0.3, 0.4) is 0 Å². The summed E-state index contributed by atoms with van der Waals surface area (Å²) in [5.41, 5.74) is -0.682. The fraction of sp³-hybridized carbons (Fsp3) is 0.263. The van der Waals surface area contributed by atoms with Crippen molar-refractivity contribution in [2.24, 2.45) is 0 Å². The van der Waals surface area contributed by atoms with Crippen LogP contribution in [0.15, 0.2) is 42.5 Å². The molecule has 1 aliphatic heterocycles. The number of rotatable bonds is 6. The van der Waals surface area contributed by atoms with Crippen LogP contribution in [-0.4, -0.2) is 30.6 Å². The number of ether oxygens (including phenoxy) is 2. The molecular formula is C19H17F3N2O4. The number of methoxy groups -OCH3 is 1. The number of hydrogen-bond donors (Lipinski definition) is 1. The van der Waals surface area contributed by atoms with Crippen molar-refractivity contribution in [2.45, 2.75) is 25.6 Å². The van der Waals surface area contributed by atoms with Gasteiger partial charge in [0.25, 0.3) is 5.91 Å². The number of hydrogen-bond acceptors (Lipinski definition) is 4. The van der Waals surface area contributed by atoms with Crippen LogP contribution >= 0.6 is 0 Å². The van der Waals surface area contributed by atoms with Crippen molar-refractivity contribution in [3.05, 3.63) is 59.4 Å². The molecule has 1 aliphatic rings. The average molecular weight is 394 g/mol. The summed E-state index contributed by atoms with van der Waals surface area (Å²) in [6, 6.07) is 8.54. The molecule has 28 heavy (non-hydrogen) atoms. The van der Waals surface area contributed by atoms with Gasteiger partial charge in [0, 0.05) is 5.56 Å². The lowest BCUT2D eigenvalue weighted by molar-refractivity contribution is -0.131. The summed E-state index contributed by atoms with van der Waals surface area (Å²) in [5, 5.41) is 2.59. The van der Waals surface area contributed by atoms with Crippen LogP contribution in [0.4, 0.5) is 18.0 Å². The molecular weight excluding hydrogens is 377 g/mol. The number of urea groups is 1. The van der Waals surface area contributed by atoms with Gasteiger partial charge >= 0.3 is 12.6 Å². The van der Waals surface area contributed by atoms with Gasteiger partial charge in [0.15, 0.2) is 0 Å². The summed E-state index contributed by atoms with van der Waals surface area (Å²) in [4.78, 5) is 26.3. The van der Waals surface area contributed by atoms with Crippen molar-refractivity contribution in [3.8, 4) is 11.5 Å². The minimum absolute atomic E-state index is 0.0690. The predicted molar refractivity (Wildman–Crippen MR) is 92.5 cm³/mol. The normalized spacial score (nSPS) is 19.1. The molecule has 0 unspecified atom stereocenters. The van der Waals surface area contributed by atoms with Crippen LogP contribution in [0.2, 0.25) is 0 Å². The molecule has 0 aliphatic carbocycles. The van der Waals surface area contributed by atoms with E-state index in [0.29, 0.717) is 16.9 Å². The van der Waals surface area contributed by atoms with Crippen molar-refractivity contribution in [1.29, 1.82) is 0 Å². The Hall–Kier alpha value is -3.23. The molecule has 6 nitrogen and oxygen atoms in total. The van der Waals surface area contributed by atoms with E-state index in [1.807, 2.05) is 0 Å². The molecule has 3 amide bonds. The Morgan fingerprint density at radius 2 is 1.82 bits per heavy atom. The van der Waals surface area contributed by atoms with Crippen molar-refractivity contribution < 1.29 is 32.2 Å². The topological polar surface area (TPSA) is 67.9 Å². The zero-order valence-corrected chi connectivity index (χ0v) is 15.0. The molecule has 1 heterocycles. The smallest absolute Gasteiger partial charge is 0.387 e. The Bertz CT molecular complexity index is 905. The van der Waals surface area contributed by atoms with Crippen LogP contribution in [-0.2, 0) is 16.9 Å². The molecule has 148 valence electrons. The zero-order valence-electron chi connectivity index (χ0n) is 15.0. The number of amides is 3. The molecule has 1 saturated heterocycles. The Morgan fingerprint density at radius 1 is 1.14 bits per heavy atom. The molecule has 0 aromatic heterocycles.